The van der Waals surface area contributed by atoms with Gasteiger partial charge >= 0.3 is 5.97 Å². The van der Waals surface area contributed by atoms with Gasteiger partial charge in [-0.05, 0) is 35.2 Å². The van der Waals surface area contributed by atoms with Crippen molar-refractivity contribution in [2.24, 2.45) is 0 Å². The molecule has 0 radical (unpaired) electrons. The molecule has 0 unspecified atom stereocenters. The highest BCUT2D eigenvalue weighted by atomic mass is 16.5. The Labute approximate surface area is 193 Å². The number of esters is 1. The molecular formula is C27H25N3O3. The Morgan fingerprint density at radius 3 is 2.67 bits per heavy atom. The number of methoxy groups -OCH3 is 1. The molecule has 0 bridgehead atoms. The molecule has 6 nitrogen and oxygen atoms in total. The van der Waals surface area contributed by atoms with Crippen molar-refractivity contribution >= 4 is 5.97 Å². The van der Waals surface area contributed by atoms with Gasteiger partial charge in [0, 0.05) is 13.0 Å². The van der Waals surface area contributed by atoms with E-state index in [1.807, 2.05) is 36.4 Å². The van der Waals surface area contributed by atoms with Gasteiger partial charge in [0.15, 0.2) is 5.76 Å². The van der Waals surface area contributed by atoms with E-state index in [1.54, 1.807) is 12.3 Å². The molecule has 0 N–H and O–H groups in total. The summed E-state index contributed by atoms with van der Waals surface area (Å²) in [6.07, 6.45) is 6.16. The van der Waals surface area contributed by atoms with Crippen LogP contribution in [-0.2, 0) is 17.7 Å². The molecule has 0 saturated heterocycles. The summed E-state index contributed by atoms with van der Waals surface area (Å²) in [5.41, 5.74) is 4.76. The molecule has 0 saturated carbocycles. The third-order valence-corrected chi connectivity index (χ3v) is 5.65. The third-order valence-electron chi connectivity index (χ3n) is 5.65. The van der Waals surface area contributed by atoms with Crippen molar-refractivity contribution in [1.29, 1.82) is 5.26 Å². The van der Waals surface area contributed by atoms with Crippen LogP contribution in [0, 0.1) is 11.3 Å². The summed E-state index contributed by atoms with van der Waals surface area (Å²) in [6.45, 7) is 2.73. The minimum Gasteiger partial charge on any atom is -0.465 e. The monoisotopic (exact) mass is 439 g/mol. The fourth-order valence-electron chi connectivity index (χ4n) is 3.89. The normalized spacial score (nSPS) is 10.7. The Morgan fingerprint density at radius 2 is 1.94 bits per heavy atom. The van der Waals surface area contributed by atoms with E-state index in [-0.39, 0.29) is 0 Å². The van der Waals surface area contributed by atoms with Gasteiger partial charge in [-0.1, -0.05) is 55.8 Å². The average Bonchev–Trinajstić information content (AvgIpc) is 3.49. The SMILES string of the molecule is CCCCc1ncc(-c2occc2C(=O)OC)n1Cc1ccc(-c2ccccc2C#N)cc1. The number of imidazole rings is 1. The highest BCUT2D eigenvalue weighted by Gasteiger charge is 2.22. The van der Waals surface area contributed by atoms with Crippen LogP contribution in [0.25, 0.3) is 22.6 Å². The van der Waals surface area contributed by atoms with Crippen LogP contribution in [-0.4, -0.2) is 22.6 Å². The number of aromatic nitrogens is 2. The van der Waals surface area contributed by atoms with Crippen LogP contribution >= 0.6 is 0 Å². The first kappa shape index (κ1) is 22.1. The number of hydrogen-bond acceptors (Lipinski definition) is 5. The zero-order valence-electron chi connectivity index (χ0n) is 18.7. The minimum atomic E-state index is -0.442. The molecule has 2 heterocycles. The lowest BCUT2D eigenvalue weighted by Gasteiger charge is -2.13. The number of hydrogen-bond donors (Lipinski definition) is 0. The number of carbonyl (C=O) groups is 1. The van der Waals surface area contributed by atoms with Gasteiger partial charge in [-0.3, -0.25) is 0 Å². The van der Waals surface area contributed by atoms with E-state index in [1.165, 1.54) is 13.4 Å². The van der Waals surface area contributed by atoms with Crippen molar-refractivity contribution in [3.63, 3.8) is 0 Å². The highest BCUT2D eigenvalue weighted by molar-refractivity contribution is 5.95. The van der Waals surface area contributed by atoms with Crippen LogP contribution in [0.1, 0.15) is 47.1 Å². The van der Waals surface area contributed by atoms with E-state index in [0.29, 0.717) is 23.4 Å². The van der Waals surface area contributed by atoms with E-state index in [2.05, 4.69) is 34.7 Å². The van der Waals surface area contributed by atoms with Crippen LogP contribution in [0.15, 0.2) is 71.5 Å². The van der Waals surface area contributed by atoms with Crippen LogP contribution in [0.3, 0.4) is 0 Å². The Kier molecular flexibility index (Phi) is 6.70. The van der Waals surface area contributed by atoms with E-state index in [0.717, 1.165) is 47.5 Å². The molecule has 33 heavy (non-hydrogen) atoms. The maximum absolute atomic E-state index is 12.2. The van der Waals surface area contributed by atoms with Gasteiger partial charge in [0.2, 0.25) is 0 Å². The van der Waals surface area contributed by atoms with Crippen LogP contribution in [0.4, 0.5) is 0 Å². The molecule has 166 valence electrons. The number of aryl methyl sites for hydroxylation is 1. The second-order valence-electron chi connectivity index (χ2n) is 7.76. The van der Waals surface area contributed by atoms with E-state index >= 15 is 0 Å². The van der Waals surface area contributed by atoms with Crippen molar-refractivity contribution < 1.29 is 13.9 Å². The maximum Gasteiger partial charge on any atom is 0.341 e. The van der Waals surface area contributed by atoms with E-state index in [9.17, 15) is 10.1 Å². The first-order valence-corrected chi connectivity index (χ1v) is 10.9. The molecule has 0 spiro atoms. The topological polar surface area (TPSA) is 81.0 Å². The summed E-state index contributed by atoms with van der Waals surface area (Å²) < 4.78 is 12.7. The van der Waals surface area contributed by atoms with Gasteiger partial charge in [-0.25, -0.2) is 9.78 Å². The van der Waals surface area contributed by atoms with Gasteiger partial charge in [-0.2, -0.15) is 5.26 Å². The molecule has 4 aromatic rings. The van der Waals surface area contributed by atoms with Crippen molar-refractivity contribution in [2.75, 3.05) is 7.11 Å². The van der Waals surface area contributed by atoms with Crippen molar-refractivity contribution in [3.8, 4) is 28.7 Å². The predicted octanol–water partition coefficient (Wildman–Crippen LogP) is 5.86. The predicted molar refractivity (Wildman–Crippen MR) is 126 cm³/mol. The van der Waals surface area contributed by atoms with Gasteiger partial charge in [0.05, 0.1) is 31.2 Å². The fourth-order valence-corrected chi connectivity index (χ4v) is 3.89. The van der Waals surface area contributed by atoms with Crippen molar-refractivity contribution in [3.05, 3.63) is 89.6 Å². The maximum atomic E-state index is 12.2. The fraction of sp³-hybridized carbons (Fsp3) is 0.222. The molecule has 0 aliphatic carbocycles. The first-order chi connectivity index (χ1) is 16.2. The molecule has 6 heteroatoms. The Morgan fingerprint density at radius 1 is 1.15 bits per heavy atom. The quantitative estimate of drug-likeness (QED) is 0.321. The number of ether oxygens (including phenoxy) is 1. The summed E-state index contributed by atoms with van der Waals surface area (Å²) in [6, 6.07) is 19.6. The number of furan rings is 1. The van der Waals surface area contributed by atoms with Crippen LogP contribution < -0.4 is 0 Å². The van der Waals surface area contributed by atoms with E-state index in [4.69, 9.17) is 9.15 Å². The molecular weight excluding hydrogens is 414 g/mol. The summed E-state index contributed by atoms with van der Waals surface area (Å²) in [4.78, 5) is 16.8. The van der Waals surface area contributed by atoms with Crippen molar-refractivity contribution in [1.82, 2.24) is 9.55 Å². The molecule has 4 rings (SSSR count). The lowest BCUT2D eigenvalue weighted by Crippen LogP contribution is -2.09. The number of nitriles is 1. The molecule has 2 aromatic carbocycles. The minimum absolute atomic E-state index is 0.379. The molecule has 0 aliphatic rings. The van der Waals surface area contributed by atoms with Crippen LogP contribution in [0.2, 0.25) is 0 Å². The highest BCUT2D eigenvalue weighted by Crippen LogP contribution is 2.29. The lowest BCUT2D eigenvalue weighted by atomic mass is 9.99. The Balaban J connectivity index is 1.69. The van der Waals surface area contributed by atoms with Gasteiger partial charge in [-0.15, -0.1) is 0 Å². The standard InChI is InChI=1S/C27H25N3O3/c1-3-4-9-25-29-17-24(26-23(14-15-33-26)27(31)32-2)30(25)18-19-10-12-20(13-11-19)22-8-6-5-7-21(22)16-28/h5-8,10-15,17H,3-4,9,18H2,1-2H3. The van der Waals surface area contributed by atoms with Gasteiger partial charge in [0.25, 0.3) is 0 Å². The van der Waals surface area contributed by atoms with Crippen LogP contribution in [0.5, 0.6) is 0 Å². The average molecular weight is 440 g/mol. The van der Waals surface area contributed by atoms with Crippen molar-refractivity contribution in [2.45, 2.75) is 32.7 Å². The smallest absolute Gasteiger partial charge is 0.341 e. The molecule has 2 aromatic heterocycles. The zero-order chi connectivity index (χ0) is 23.2. The molecule has 0 aliphatic heterocycles. The Hall–Kier alpha value is -4.11. The van der Waals surface area contributed by atoms with Gasteiger partial charge in [0.1, 0.15) is 17.1 Å². The summed E-state index contributed by atoms with van der Waals surface area (Å²) >= 11 is 0. The van der Waals surface area contributed by atoms with E-state index < -0.39 is 5.97 Å². The molecule has 0 amide bonds. The molecule has 0 fully saturated rings. The second-order valence-corrected chi connectivity index (χ2v) is 7.76. The Bertz CT molecular complexity index is 1290. The summed E-state index contributed by atoms with van der Waals surface area (Å²) in [7, 11) is 1.36. The summed E-state index contributed by atoms with van der Waals surface area (Å²) in [5.74, 6) is 0.955. The van der Waals surface area contributed by atoms with Gasteiger partial charge < -0.3 is 13.7 Å². The largest absolute Gasteiger partial charge is 0.465 e. The summed E-state index contributed by atoms with van der Waals surface area (Å²) in [5, 5.41) is 9.41. The number of nitrogens with zero attached hydrogens (tertiary/aromatic N) is 3. The molecule has 0 atom stereocenters. The number of carbonyl (C=O) groups excluding carboxylic acids is 1. The first-order valence-electron chi connectivity index (χ1n) is 10.9. The second kappa shape index (κ2) is 10.0. The third kappa shape index (κ3) is 4.58. The lowest BCUT2D eigenvalue weighted by molar-refractivity contribution is 0.0601. The zero-order valence-corrected chi connectivity index (χ0v) is 18.7. The number of rotatable bonds is 8. The number of benzene rings is 2. The number of unbranched alkanes of at least 4 members (excludes halogenated alkanes) is 1.